The van der Waals surface area contributed by atoms with Gasteiger partial charge in [0.05, 0.1) is 12.8 Å². The van der Waals surface area contributed by atoms with Crippen LogP contribution >= 0.6 is 27.5 Å². The van der Waals surface area contributed by atoms with Crippen LogP contribution in [0, 0.1) is 0 Å². The van der Waals surface area contributed by atoms with Gasteiger partial charge in [0.2, 0.25) is 0 Å². The molecule has 0 aliphatic heterocycles. The second-order valence-electron chi connectivity index (χ2n) is 5.28. The van der Waals surface area contributed by atoms with E-state index in [0.717, 1.165) is 15.6 Å². The number of hydrogen-bond acceptors (Lipinski definition) is 3. The number of hydrazone groups is 1. The maximum atomic E-state index is 12.1. The molecule has 0 saturated carbocycles. The third-order valence-electron chi connectivity index (χ3n) is 3.38. The van der Waals surface area contributed by atoms with E-state index in [1.807, 2.05) is 48.5 Å². The summed E-state index contributed by atoms with van der Waals surface area (Å²) in [6.45, 7) is 0.562. The van der Waals surface area contributed by atoms with Crippen molar-refractivity contribution in [3.63, 3.8) is 0 Å². The summed E-state index contributed by atoms with van der Waals surface area (Å²) in [4.78, 5) is 12.1. The van der Waals surface area contributed by atoms with Crippen molar-refractivity contribution in [2.75, 3.05) is 0 Å². The molecule has 126 valence electrons. The van der Waals surface area contributed by atoms with Crippen LogP contribution in [0.4, 0.5) is 0 Å². The number of amides is 1. The molecule has 3 rings (SSSR count). The van der Waals surface area contributed by atoms with Gasteiger partial charge in [-0.1, -0.05) is 51.8 Å². The molecule has 25 heavy (non-hydrogen) atoms. The number of nitrogens with zero attached hydrogens (tertiary/aromatic N) is 3. The molecule has 0 saturated heterocycles. The van der Waals surface area contributed by atoms with E-state index >= 15 is 0 Å². The van der Waals surface area contributed by atoms with Gasteiger partial charge in [-0.3, -0.25) is 9.48 Å². The lowest BCUT2D eigenvalue weighted by atomic mass is 10.2. The number of hydrogen-bond donors (Lipinski definition) is 1. The minimum absolute atomic E-state index is 0.307. The summed E-state index contributed by atoms with van der Waals surface area (Å²) in [5.41, 5.74) is 4.71. The first-order valence-electron chi connectivity index (χ1n) is 7.47. The Hall–Kier alpha value is -2.44. The number of carbonyl (C=O) groups is 1. The van der Waals surface area contributed by atoms with Crippen LogP contribution in [0.5, 0.6) is 0 Å². The summed E-state index contributed by atoms with van der Waals surface area (Å²) in [5.74, 6) is -0.358. The molecule has 0 unspecified atom stereocenters. The van der Waals surface area contributed by atoms with Crippen molar-refractivity contribution in [3.05, 3.63) is 87.1 Å². The standard InChI is InChI=1S/C18H14BrClN4O/c19-15-5-1-13(2-6-15)11-21-22-18(25)17-9-10-24(23-17)12-14-3-7-16(20)8-4-14/h1-11H,12H2,(H,22,25)/b21-11+. The van der Waals surface area contributed by atoms with Gasteiger partial charge < -0.3 is 0 Å². The molecular weight excluding hydrogens is 404 g/mol. The van der Waals surface area contributed by atoms with Crippen LogP contribution in [0.1, 0.15) is 21.6 Å². The second-order valence-corrected chi connectivity index (χ2v) is 6.63. The van der Waals surface area contributed by atoms with Gasteiger partial charge in [-0.05, 0) is 41.5 Å². The molecule has 1 heterocycles. The number of rotatable bonds is 5. The molecule has 1 amide bonds. The van der Waals surface area contributed by atoms with Crippen LogP contribution in [0.15, 0.2) is 70.4 Å². The molecule has 5 nitrogen and oxygen atoms in total. The average molecular weight is 418 g/mol. The maximum Gasteiger partial charge on any atom is 0.291 e. The van der Waals surface area contributed by atoms with Gasteiger partial charge in [-0.25, -0.2) is 5.43 Å². The Morgan fingerprint density at radius 1 is 1.16 bits per heavy atom. The Morgan fingerprint density at radius 2 is 1.88 bits per heavy atom. The SMILES string of the molecule is O=C(N/N=C/c1ccc(Br)cc1)c1ccn(Cc2ccc(Cl)cc2)n1. The normalized spacial score (nSPS) is 11.0. The van der Waals surface area contributed by atoms with Crippen molar-refractivity contribution >= 4 is 39.7 Å². The quantitative estimate of drug-likeness (QED) is 0.502. The number of nitrogens with one attached hydrogen (secondary N) is 1. The first kappa shape index (κ1) is 17.4. The van der Waals surface area contributed by atoms with E-state index in [4.69, 9.17) is 11.6 Å². The fourth-order valence-electron chi connectivity index (χ4n) is 2.12. The van der Waals surface area contributed by atoms with Crippen LogP contribution in [-0.4, -0.2) is 21.9 Å². The summed E-state index contributed by atoms with van der Waals surface area (Å²) in [7, 11) is 0. The molecule has 0 fully saturated rings. The Kier molecular flexibility index (Phi) is 5.63. The minimum atomic E-state index is -0.358. The van der Waals surface area contributed by atoms with E-state index in [1.165, 1.54) is 0 Å². The van der Waals surface area contributed by atoms with Crippen molar-refractivity contribution in [1.82, 2.24) is 15.2 Å². The zero-order valence-corrected chi connectivity index (χ0v) is 15.4. The molecule has 3 aromatic rings. The van der Waals surface area contributed by atoms with Gasteiger partial charge in [0.15, 0.2) is 5.69 Å². The second kappa shape index (κ2) is 8.09. The number of halogens is 2. The highest BCUT2D eigenvalue weighted by Gasteiger charge is 2.08. The third-order valence-corrected chi connectivity index (χ3v) is 4.16. The van der Waals surface area contributed by atoms with Crippen LogP contribution in [0.2, 0.25) is 5.02 Å². The predicted molar refractivity (Wildman–Crippen MR) is 102 cm³/mol. The van der Waals surface area contributed by atoms with Crippen molar-refractivity contribution in [2.24, 2.45) is 5.10 Å². The molecule has 7 heteroatoms. The lowest BCUT2D eigenvalue weighted by Crippen LogP contribution is -2.18. The van der Waals surface area contributed by atoms with Gasteiger partial charge in [-0.2, -0.15) is 10.2 Å². The topological polar surface area (TPSA) is 59.3 Å². The van der Waals surface area contributed by atoms with E-state index in [2.05, 4.69) is 31.6 Å². The van der Waals surface area contributed by atoms with Gasteiger partial charge in [0.25, 0.3) is 5.91 Å². The highest BCUT2D eigenvalue weighted by Crippen LogP contribution is 2.11. The summed E-state index contributed by atoms with van der Waals surface area (Å²) in [6, 6.07) is 16.7. The van der Waals surface area contributed by atoms with Crippen molar-refractivity contribution in [1.29, 1.82) is 0 Å². The van der Waals surface area contributed by atoms with E-state index in [-0.39, 0.29) is 5.91 Å². The fourth-order valence-corrected chi connectivity index (χ4v) is 2.51. The highest BCUT2D eigenvalue weighted by molar-refractivity contribution is 9.10. The van der Waals surface area contributed by atoms with Gasteiger partial charge in [-0.15, -0.1) is 0 Å². The zero-order valence-electron chi connectivity index (χ0n) is 13.1. The molecule has 0 spiro atoms. The molecule has 1 aromatic heterocycles. The number of benzene rings is 2. The summed E-state index contributed by atoms with van der Waals surface area (Å²) < 4.78 is 2.68. The van der Waals surface area contributed by atoms with Crippen molar-refractivity contribution in [3.8, 4) is 0 Å². The summed E-state index contributed by atoms with van der Waals surface area (Å²) in [6.07, 6.45) is 3.33. The van der Waals surface area contributed by atoms with Crippen molar-refractivity contribution in [2.45, 2.75) is 6.54 Å². The monoisotopic (exact) mass is 416 g/mol. The fraction of sp³-hybridized carbons (Fsp3) is 0.0556. The van der Waals surface area contributed by atoms with Gasteiger partial charge in [0.1, 0.15) is 0 Å². The largest absolute Gasteiger partial charge is 0.291 e. The third kappa shape index (κ3) is 5.01. The van der Waals surface area contributed by atoms with Crippen LogP contribution in [-0.2, 0) is 6.54 Å². The molecule has 0 aliphatic carbocycles. The zero-order chi connectivity index (χ0) is 17.6. The Labute approximate surface area is 158 Å². The lowest BCUT2D eigenvalue weighted by Gasteiger charge is -2.02. The van der Waals surface area contributed by atoms with E-state index in [0.29, 0.717) is 17.3 Å². The molecule has 0 radical (unpaired) electrons. The molecule has 2 aromatic carbocycles. The van der Waals surface area contributed by atoms with Gasteiger partial charge in [0, 0.05) is 15.7 Å². The molecular formula is C18H14BrClN4O. The van der Waals surface area contributed by atoms with E-state index < -0.39 is 0 Å². The van der Waals surface area contributed by atoms with Gasteiger partial charge >= 0.3 is 0 Å². The number of carbonyl (C=O) groups excluding carboxylic acids is 1. The maximum absolute atomic E-state index is 12.1. The summed E-state index contributed by atoms with van der Waals surface area (Å²) in [5, 5.41) is 8.89. The lowest BCUT2D eigenvalue weighted by molar-refractivity contribution is 0.0949. The highest BCUT2D eigenvalue weighted by atomic mass is 79.9. The Balaban J connectivity index is 1.58. The first-order valence-corrected chi connectivity index (χ1v) is 8.64. The summed E-state index contributed by atoms with van der Waals surface area (Å²) >= 11 is 9.24. The van der Waals surface area contributed by atoms with E-state index in [1.54, 1.807) is 23.2 Å². The smallest absolute Gasteiger partial charge is 0.268 e. The van der Waals surface area contributed by atoms with E-state index in [9.17, 15) is 4.79 Å². The Bertz CT molecular complexity index is 888. The molecule has 0 bridgehead atoms. The minimum Gasteiger partial charge on any atom is -0.268 e. The number of aromatic nitrogens is 2. The average Bonchev–Trinajstić information content (AvgIpc) is 3.07. The van der Waals surface area contributed by atoms with Crippen LogP contribution in [0.3, 0.4) is 0 Å². The Morgan fingerprint density at radius 3 is 2.60 bits per heavy atom. The first-order chi connectivity index (χ1) is 12.1. The van der Waals surface area contributed by atoms with Crippen molar-refractivity contribution < 1.29 is 4.79 Å². The molecule has 0 atom stereocenters. The van der Waals surface area contributed by atoms with Crippen LogP contribution < -0.4 is 5.43 Å². The molecule has 0 aliphatic rings. The predicted octanol–water partition coefficient (Wildman–Crippen LogP) is 4.11. The molecule has 1 N–H and O–H groups in total. The van der Waals surface area contributed by atoms with Crippen LogP contribution in [0.25, 0.3) is 0 Å².